The summed E-state index contributed by atoms with van der Waals surface area (Å²) in [5, 5.41) is 3.15. The molecule has 0 spiro atoms. The van der Waals surface area contributed by atoms with Crippen LogP contribution in [0.5, 0.6) is 0 Å². The summed E-state index contributed by atoms with van der Waals surface area (Å²) in [5.74, 6) is -0.640. The quantitative estimate of drug-likeness (QED) is 0.785. The lowest BCUT2D eigenvalue weighted by Crippen LogP contribution is -2.19. The molecule has 0 saturated carbocycles. The normalized spacial score (nSPS) is 18.0. The summed E-state index contributed by atoms with van der Waals surface area (Å²) in [6.45, 7) is 0. The highest BCUT2D eigenvalue weighted by Crippen LogP contribution is 2.31. The van der Waals surface area contributed by atoms with Gasteiger partial charge in [0.05, 0.1) is 10.6 Å². The summed E-state index contributed by atoms with van der Waals surface area (Å²) in [4.78, 5) is 16.8. The number of halogens is 2. The van der Waals surface area contributed by atoms with Crippen molar-refractivity contribution in [3.8, 4) is 0 Å². The Labute approximate surface area is 139 Å². The van der Waals surface area contributed by atoms with Gasteiger partial charge in [0.15, 0.2) is 5.17 Å². The van der Waals surface area contributed by atoms with Crippen molar-refractivity contribution < 1.29 is 9.18 Å². The minimum absolute atomic E-state index is 0.279. The average Bonchev–Trinajstić information content (AvgIpc) is 2.84. The van der Waals surface area contributed by atoms with Crippen LogP contribution in [0.3, 0.4) is 0 Å². The van der Waals surface area contributed by atoms with Crippen molar-refractivity contribution in [3.05, 3.63) is 69.3 Å². The second-order valence-corrected chi connectivity index (χ2v) is 6.34. The largest absolute Gasteiger partial charge is 0.300 e. The molecule has 0 aliphatic carbocycles. The van der Waals surface area contributed by atoms with Crippen LogP contribution in [0.25, 0.3) is 6.08 Å². The van der Waals surface area contributed by atoms with Gasteiger partial charge in [-0.1, -0.05) is 30.3 Å². The van der Waals surface area contributed by atoms with Crippen molar-refractivity contribution in [3.63, 3.8) is 0 Å². The highest BCUT2D eigenvalue weighted by molar-refractivity contribution is 9.10. The first-order chi connectivity index (χ1) is 10.6. The van der Waals surface area contributed by atoms with E-state index in [1.807, 2.05) is 24.3 Å². The van der Waals surface area contributed by atoms with E-state index in [0.29, 0.717) is 15.6 Å². The molecule has 3 nitrogen and oxygen atoms in total. The Morgan fingerprint density at radius 1 is 1.14 bits per heavy atom. The molecule has 1 fully saturated rings. The molecule has 1 heterocycles. The molecule has 0 unspecified atom stereocenters. The van der Waals surface area contributed by atoms with Gasteiger partial charge >= 0.3 is 0 Å². The molecule has 1 aliphatic rings. The van der Waals surface area contributed by atoms with Crippen molar-refractivity contribution in [2.45, 2.75) is 0 Å². The first kappa shape index (κ1) is 15.0. The molecule has 6 heteroatoms. The van der Waals surface area contributed by atoms with Crippen LogP contribution in [0.1, 0.15) is 5.56 Å². The van der Waals surface area contributed by atoms with E-state index >= 15 is 0 Å². The number of amidine groups is 1. The summed E-state index contributed by atoms with van der Waals surface area (Å²) in [6.07, 6.45) is 1.53. The molecule has 2 aromatic rings. The molecule has 1 aliphatic heterocycles. The van der Waals surface area contributed by atoms with Crippen molar-refractivity contribution in [2.24, 2.45) is 4.99 Å². The number of hydrogen-bond donors (Lipinski definition) is 1. The smallest absolute Gasteiger partial charge is 0.264 e. The zero-order valence-corrected chi connectivity index (χ0v) is 13.6. The molecule has 22 heavy (non-hydrogen) atoms. The van der Waals surface area contributed by atoms with Gasteiger partial charge in [0, 0.05) is 10.0 Å². The number of carbonyl (C=O) groups is 1. The third-order valence-corrected chi connectivity index (χ3v) is 4.50. The third kappa shape index (κ3) is 3.28. The second-order valence-electron chi connectivity index (χ2n) is 4.45. The Kier molecular flexibility index (Phi) is 4.40. The minimum atomic E-state index is -0.361. The number of rotatable bonds is 2. The van der Waals surface area contributed by atoms with E-state index in [4.69, 9.17) is 0 Å². The zero-order valence-electron chi connectivity index (χ0n) is 11.2. The summed E-state index contributed by atoms with van der Waals surface area (Å²) < 4.78 is 14.5. The molecular weight excluding hydrogens is 367 g/mol. The number of nitrogens with one attached hydrogen (secondary N) is 1. The lowest BCUT2D eigenvalue weighted by Gasteiger charge is -1.98. The zero-order chi connectivity index (χ0) is 15.5. The molecule has 0 bridgehead atoms. The lowest BCUT2D eigenvalue weighted by atomic mass is 10.2. The summed E-state index contributed by atoms with van der Waals surface area (Å²) in [5.41, 5.74) is 1.10. The number of nitrogens with zero attached hydrogens (tertiary/aromatic N) is 1. The highest BCUT2D eigenvalue weighted by atomic mass is 79.9. The fourth-order valence-corrected chi connectivity index (χ4v) is 3.06. The van der Waals surface area contributed by atoms with Crippen molar-refractivity contribution in [1.29, 1.82) is 0 Å². The predicted octanol–water partition coefficient (Wildman–Crippen LogP) is 4.48. The molecule has 0 aromatic heterocycles. The van der Waals surface area contributed by atoms with Crippen LogP contribution in [0.2, 0.25) is 0 Å². The number of para-hydroxylation sites is 1. The van der Waals surface area contributed by atoms with Gasteiger partial charge in [-0.25, -0.2) is 9.38 Å². The average molecular weight is 377 g/mol. The van der Waals surface area contributed by atoms with E-state index in [1.165, 1.54) is 23.9 Å². The van der Waals surface area contributed by atoms with Gasteiger partial charge < -0.3 is 5.32 Å². The number of benzene rings is 2. The van der Waals surface area contributed by atoms with Gasteiger partial charge in [-0.05, 0) is 52.0 Å². The molecule has 1 amide bonds. The Hall–Kier alpha value is -1.92. The number of carbonyl (C=O) groups excluding carboxylic acids is 1. The van der Waals surface area contributed by atoms with Gasteiger partial charge in [0.1, 0.15) is 5.82 Å². The van der Waals surface area contributed by atoms with E-state index in [2.05, 4.69) is 26.2 Å². The molecule has 1 N–H and O–H groups in total. The summed E-state index contributed by atoms with van der Waals surface area (Å²) in [6, 6.07) is 13.8. The van der Waals surface area contributed by atoms with Gasteiger partial charge in [-0.2, -0.15) is 0 Å². The van der Waals surface area contributed by atoms with Crippen LogP contribution < -0.4 is 5.32 Å². The van der Waals surface area contributed by atoms with Crippen LogP contribution in [0.4, 0.5) is 10.1 Å². The Balaban J connectivity index is 1.88. The molecule has 0 radical (unpaired) electrons. The first-order valence-electron chi connectivity index (χ1n) is 6.42. The molecule has 3 rings (SSSR count). The van der Waals surface area contributed by atoms with Gasteiger partial charge in [0.25, 0.3) is 5.91 Å². The van der Waals surface area contributed by atoms with Crippen molar-refractivity contribution in [2.75, 3.05) is 0 Å². The molecule has 2 aromatic carbocycles. The van der Waals surface area contributed by atoms with Gasteiger partial charge in [-0.15, -0.1) is 0 Å². The van der Waals surface area contributed by atoms with Crippen LogP contribution in [0, 0.1) is 5.82 Å². The standard InChI is InChI=1S/C16H10BrFN2OS/c17-11-6-2-4-8-13(11)19-16-20-15(21)14(22-16)9-10-5-1-3-7-12(10)18/h1-9H,(H,19,20,21). The fourth-order valence-electron chi connectivity index (χ4n) is 1.87. The monoisotopic (exact) mass is 376 g/mol. The minimum Gasteiger partial charge on any atom is -0.300 e. The maximum atomic E-state index is 13.6. The van der Waals surface area contributed by atoms with E-state index in [-0.39, 0.29) is 11.7 Å². The Bertz CT molecular complexity index is 804. The topological polar surface area (TPSA) is 41.5 Å². The second kappa shape index (κ2) is 6.46. The third-order valence-electron chi connectivity index (χ3n) is 2.92. The van der Waals surface area contributed by atoms with Gasteiger partial charge in [0.2, 0.25) is 0 Å². The SMILES string of the molecule is O=C1NC(=Nc2ccccc2Br)SC1=Cc1ccccc1F. The number of amides is 1. The van der Waals surface area contributed by atoms with Gasteiger partial charge in [-0.3, -0.25) is 4.79 Å². The Morgan fingerprint density at radius 2 is 1.86 bits per heavy atom. The van der Waals surface area contributed by atoms with Crippen LogP contribution in [0.15, 0.2) is 62.9 Å². The first-order valence-corrected chi connectivity index (χ1v) is 8.03. The van der Waals surface area contributed by atoms with E-state index in [1.54, 1.807) is 18.2 Å². The van der Waals surface area contributed by atoms with Crippen LogP contribution >= 0.6 is 27.7 Å². The molecule has 1 saturated heterocycles. The molecular formula is C16H10BrFN2OS. The highest BCUT2D eigenvalue weighted by Gasteiger charge is 2.24. The van der Waals surface area contributed by atoms with E-state index in [0.717, 1.165) is 10.2 Å². The number of hydrogen-bond acceptors (Lipinski definition) is 3. The van der Waals surface area contributed by atoms with Crippen molar-refractivity contribution in [1.82, 2.24) is 5.32 Å². The van der Waals surface area contributed by atoms with Crippen molar-refractivity contribution >= 4 is 50.5 Å². The molecule has 0 atom stereocenters. The summed E-state index contributed by atoms with van der Waals surface area (Å²) >= 11 is 4.59. The fraction of sp³-hybridized carbons (Fsp3) is 0. The van der Waals surface area contributed by atoms with E-state index in [9.17, 15) is 9.18 Å². The lowest BCUT2D eigenvalue weighted by molar-refractivity contribution is -0.115. The predicted molar refractivity (Wildman–Crippen MR) is 91.3 cm³/mol. The maximum absolute atomic E-state index is 13.6. The number of aliphatic imine (C=N–C) groups is 1. The van der Waals surface area contributed by atoms with Crippen LogP contribution in [-0.4, -0.2) is 11.1 Å². The number of thioether (sulfide) groups is 1. The van der Waals surface area contributed by atoms with E-state index < -0.39 is 0 Å². The van der Waals surface area contributed by atoms with Crippen LogP contribution in [-0.2, 0) is 4.79 Å². The Morgan fingerprint density at radius 3 is 2.64 bits per heavy atom. The molecule has 110 valence electrons. The summed E-state index contributed by atoms with van der Waals surface area (Å²) in [7, 11) is 0. The maximum Gasteiger partial charge on any atom is 0.264 e.